The summed E-state index contributed by atoms with van der Waals surface area (Å²) in [5.74, 6) is -15.3. The number of rotatable bonds is 8. The molecule has 10 amide bonds. The Bertz CT molecular complexity index is 3590. The summed E-state index contributed by atoms with van der Waals surface area (Å²) in [4.78, 5) is 212. The topological polar surface area (TPSA) is 397 Å². The molecule has 0 unspecified atom stereocenters. The summed E-state index contributed by atoms with van der Waals surface area (Å²) >= 11 is 6.49. The first kappa shape index (κ1) is 71.6. The predicted molar refractivity (Wildman–Crippen MR) is 332 cm³/mol. The van der Waals surface area contributed by atoms with Crippen molar-refractivity contribution in [2.45, 2.75) is 175 Å². The zero-order chi connectivity index (χ0) is 69.6. The second-order valence-electron chi connectivity index (χ2n) is 25.6. The van der Waals surface area contributed by atoms with Gasteiger partial charge >= 0.3 is 11.9 Å². The van der Waals surface area contributed by atoms with Gasteiger partial charge in [-0.1, -0.05) is 47.6 Å². The van der Waals surface area contributed by atoms with Crippen LogP contribution in [0.1, 0.15) is 114 Å². The molecule has 0 radical (unpaired) electrons. The van der Waals surface area contributed by atoms with Gasteiger partial charge in [0, 0.05) is 46.2 Å². The molecule has 5 heterocycles. The molecule has 1 aliphatic carbocycles. The number of ketones is 1. The normalized spacial score (nSPS) is 28.1. The number of ether oxygens (including phenoxy) is 2. The van der Waals surface area contributed by atoms with Crippen LogP contribution in [0.25, 0.3) is 22.6 Å². The smallest absolute Gasteiger partial charge is 0.329 e. The average molecular weight is 1320 g/mol. The number of hydrogen-bond donors (Lipinski definition) is 6. The van der Waals surface area contributed by atoms with Crippen LogP contribution in [-0.4, -0.2) is 242 Å². The van der Waals surface area contributed by atoms with Gasteiger partial charge in [-0.05, 0) is 77.3 Å². The van der Waals surface area contributed by atoms with Crippen molar-refractivity contribution in [2.24, 2.45) is 17.8 Å². The van der Waals surface area contributed by atoms with Gasteiger partial charge in [0.15, 0.2) is 17.1 Å². The molecular weight excluding hydrogens is 1240 g/mol. The number of nitrogens with two attached hydrogens (primary N) is 1. The van der Waals surface area contributed by atoms with Gasteiger partial charge in [0.05, 0.1) is 47.9 Å². The van der Waals surface area contributed by atoms with E-state index >= 15 is 9.59 Å². The number of aliphatic hydroxyl groups is 1. The lowest BCUT2D eigenvalue weighted by molar-refractivity contribution is -0.163. The predicted octanol–water partition coefficient (Wildman–Crippen LogP) is -0.765. The highest BCUT2D eigenvalue weighted by Gasteiger charge is 2.52. The van der Waals surface area contributed by atoms with Crippen molar-refractivity contribution >= 4 is 105 Å². The number of nitrogens with one attached hydrogen (secondary N) is 4. The minimum Gasteiger partial charge on any atom is -0.458 e. The van der Waals surface area contributed by atoms with Gasteiger partial charge in [0.1, 0.15) is 71.8 Å². The Labute approximate surface area is 541 Å². The fourth-order valence-electron chi connectivity index (χ4n) is 12.2. The molecule has 13 atom stereocenters. The maximum Gasteiger partial charge on any atom is 0.329 e. The van der Waals surface area contributed by atoms with E-state index < -0.39 is 221 Å². The van der Waals surface area contributed by atoms with Gasteiger partial charge in [-0.3, -0.25) is 57.5 Å². The van der Waals surface area contributed by atoms with E-state index in [1.807, 2.05) is 0 Å². The number of aliphatic hydroxyl groups excluding tert-OH is 1. The van der Waals surface area contributed by atoms with E-state index in [1.165, 1.54) is 68.0 Å². The number of carbonyl (C=O) groups is 13. The molecule has 6 aliphatic rings. The summed E-state index contributed by atoms with van der Waals surface area (Å²) in [5, 5.41) is 21.6. The lowest BCUT2D eigenvalue weighted by Gasteiger charge is -2.37. The number of nitrogen functional groups attached to an aromatic ring is 1. The van der Waals surface area contributed by atoms with Crippen molar-refractivity contribution in [1.29, 1.82) is 0 Å². The van der Waals surface area contributed by atoms with Crippen LogP contribution in [-0.2, 0) is 62.2 Å². The summed E-state index contributed by atoms with van der Waals surface area (Å²) in [6.07, 6.45) is -5.24. The first-order valence-corrected chi connectivity index (χ1v) is 31.1. The molecule has 31 heteroatoms. The minimum absolute atomic E-state index is 0.0330. The van der Waals surface area contributed by atoms with Crippen LogP contribution < -0.4 is 32.4 Å². The second-order valence-corrected chi connectivity index (χ2v) is 25.9. The molecule has 0 saturated carbocycles. The van der Waals surface area contributed by atoms with Gasteiger partial charge < -0.3 is 75.4 Å². The first-order chi connectivity index (χ1) is 43.4. The van der Waals surface area contributed by atoms with Crippen LogP contribution in [0.5, 0.6) is 0 Å². The Morgan fingerprint density at radius 2 is 1.26 bits per heavy atom. The molecule has 30 nitrogen and oxygen atoms in total. The zero-order valence-electron chi connectivity index (χ0n) is 54.9. The SMILES string of the molecule is Cc1c2oc3c(C)ccc(C(=O)N[C@@H]4C(=O)N[C@H](C(C)C)C(=O)N5[C@H](C(=O)N(C)CC(=O)N(C)[C@@H](C(C)C)C(=O)O[C@@H]4C)[C@@H](O)C[C@@H]5C)c3nc-2c(C(=O)N[C@@H]2C(=O)N[C@@H](C(C)C)C(=O)N3[C@@H](C)C(=O)C[C@H]3C(=O)N(C)CC(=O)N(C)[C@@H](C)C(=O)O[C@H]2CCl)c(N)c1=O. The molecule has 1 aromatic rings. The van der Waals surface area contributed by atoms with E-state index in [4.69, 9.17) is 36.2 Å². The van der Waals surface area contributed by atoms with Crippen LogP contribution in [0.15, 0.2) is 21.3 Å². The average Bonchev–Trinajstić information content (AvgIpc) is 1.48. The van der Waals surface area contributed by atoms with E-state index in [-0.39, 0.29) is 34.4 Å². The molecule has 5 aliphatic heterocycles. The Morgan fingerprint density at radius 3 is 1.83 bits per heavy atom. The summed E-state index contributed by atoms with van der Waals surface area (Å²) < 4.78 is 18.1. The number of amides is 10. The maximum absolute atomic E-state index is 15.2. The van der Waals surface area contributed by atoms with Crippen LogP contribution in [0.2, 0.25) is 0 Å². The number of benzene rings is 2. The Hall–Kier alpha value is -8.80. The van der Waals surface area contributed by atoms with E-state index in [0.29, 0.717) is 5.56 Å². The number of carbonyl (C=O) groups excluding carboxylic acids is 13. The number of likely N-dealkylation sites (N-methyl/N-ethyl adjacent to an activating group) is 4. The van der Waals surface area contributed by atoms with E-state index in [1.54, 1.807) is 55.4 Å². The third-order valence-electron chi connectivity index (χ3n) is 17.9. The van der Waals surface area contributed by atoms with Gasteiger partial charge in [0.25, 0.3) is 11.8 Å². The quantitative estimate of drug-likeness (QED) is 0.0698. The molecule has 4 saturated heterocycles. The van der Waals surface area contributed by atoms with E-state index in [2.05, 4.69) is 21.3 Å². The van der Waals surface area contributed by atoms with Gasteiger partial charge in [-0.2, -0.15) is 0 Å². The van der Waals surface area contributed by atoms with Gasteiger partial charge in [-0.25, -0.2) is 14.6 Å². The number of aryl methyl sites for hydroxylation is 1. The number of fused-ring (bicyclic) bond motifs is 4. The van der Waals surface area contributed by atoms with Gasteiger partial charge in [0.2, 0.25) is 52.7 Å². The highest BCUT2D eigenvalue weighted by atomic mass is 35.5. The number of alkyl halides is 1. The molecular formula is C62H83ClN12O18. The van der Waals surface area contributed by atoms with Crippen molar-refractivity contribution < 1.29 is 81.3 Å². The highest BCUT2D eigenvalue weighted by Crippen LogP contribution is 2.36. The van der Waals surface area contributed by atoms with Crippen LogP contribution in [0.3, 0.4) is 0 Å². The Kier molecular flexibility index (Phi) is 21.7. The Morgan fingerprint density at radius 1 is 0.710 bits per heavy atom. The lowest BCUT2D eigenvalue weighted by Crippen LogP contribution is -2.62. The van der Waals surface area contributed by atoms with E-state index in [9.17, 15) is 62.6 Å². The van der Waals surface area contributed by atoms with Crippen molar-refractivity contribution in [3.8, 4) is 11.5 Å². The summed E-state index contributed by atoms with van der Waals surface area (Å²) in [6, 6.07) is -11.7. The maximum atomic E-state index is 15.2. The van der Waals surface area contributed by atoms with Crippen molar-refractivity contribution in [3.63, 3.8) is 0 Å². The number of halogens is 1. The van der Waals surface area contributed by atoms with Crippen molar-refractivity contribution in [1.82, 2.24) is 55.7 Å². The number of Topliss-reactive ketones (excluding diaryl/α,β-unsaturated/α-hetero) is 1. The van der Waals surface area contributed by atoms with Crippen LogP contribution >= 0.6 is 11.6 Å². The number of anilines is 1. The number of aromatic nitrogens is 1. The standard InChI is InChI=1S/C62H83ClN12O18/c1-24(2)42-58(86)74-28(8)19-36(77)49(74)60(88)71(14)23-39(79)73(16)48(26(5)6)62(90)91-32(12)44(55(83)66-42)68-53(81)33-18-17-27(7)51-45(33)65-47-40(41(64)50(80)29(9)52(47)93-51)54(82)69-46-37(21-63)92-61(89)31(11)72(15)38(78)22-70(13)57(85)34-20-35(76)30(10)75(34)59(87)43(25(3)4)67-56(46)84/h17-18,24-26,28,30-32,34,36-37,42-44,46,48-49,77H,19-23,64H2,1-16H3,(H,66,83)(H,67,84)(H,68,81)(H,69,82)/t28-,30-,31-,32+,34-,36-,37-,42+,43-,44-,46-,48-,49-/m0/s1. The molecule has 7 rings (SSSR count). The summed E-state index contributed by atoms with van der Waals surface area (Å²) in [5.41, 5.74) is 2.91. The molecule has 7 N–H and O–H groups in total. The monoisotopic (exact) mass is 1320 g/mol. The van der Waals surface area contributed by atoms with Gasteiger partial charge in [-0.15, -0.1) is 11.6 Å². The number of esters is 2. The third kappa shape index (κ3) is 14.0. The molecule has 0 spiro atoms. The first-order valence-electron chi connectivity index (χ1n) is 30.6. The summed E-state index contributed by atoms with van der Waals surface area (Å²) in [6.45, 7) is 16.9. The van der Waals surface area contributed by atoms with Crippen LogP contribution in [0, 0.1) is 31.6 Å². The molecule has 1 aromatic carbocycles. The fourth-order valence-corrected chi connectivity index (χ4v) is 12.4. The number of cyclic esters (lactones) is 2. The second kappa shape index (κ2) is 28.2. The number of nitrogens with zero attached hydrogens (tertiary/aromatic N) is 7. The fraction of sp³-hybridized carbons (Fsp3) is 0.597. The van der Waals surface area contributed by atoms with E-state index in [0.717, 1.165) is 29.4 Å². The van der Waals surface area contributed by atoms with Crippen molar-refractivity contribution in [3.05, 3.63) is 44.6 Å². The Balaban J connectivity index is 1.34. The molecule has 4 fully saturated rings. The number of hydrogen-bond acceptors (Lipinski definition) is 20. The largest absolute Gasteiger partial charge is 0.458 e. The summed E-state index contributed by atoms with van der Waals surface area (Å²) in [7, 11) is 5.16. The molecule has 0 aromatic heterocycles. The molecule has 506 valence electrons. The third-order valence-corrected chi connectivity index (χ3v) is 18.2. The van der Waals surface area contributed by atoms with Crippen LogP contribution in [0.4, 0.5) is 5.69 Å². The molecule has 93 heavy (non-hydrogen) atoms. The highest BCUT2D eigenvalue weighted by molar-refractivity contribution is 6.19. The van der Waals surface area contributed by atoms with Crippen molar-refractivity contribution in [2.75, 3.05) is 52.9 Å². The zero-order valence-corrected chi connectivity index (χ0v) is 55.7. The molecule has 0 bridgehead atoms. The lowest BCUT2D eigenvalue weighted by atomic mass is 9.98. The minimum atomic E-state index is -2.09.